The zero-order valence-corrected chi connectivity index (χ0v) is 18.7. The van der Waals surface area contributed by atoms with Crippen LogP contribution in [0.4, 0.5) is 5.82 Å². The average molecular weight is 489 g/mol. The summed E-state index contributed by atoms with van der Waals surface area (Å²) in [6.45, 7) is 8.93. The van der Waals surface area contributed by atoms with Gasteiger partial charge in [-0.15, -0.1) is 24.0 Å². The Morgan fingerprint density at radius 2 is 2.00 bits per heavy atom. The Bertz CT molecular complexity index is 573. The molecule has 27 heavy (non-hydrogen) atoms. The van der Waals surface area contributed by atoms with Gasteiger partial charge >= 0.3 is 0 Å². The lowest BCUT2D eigenvalue weighted by Gasteiger charge is -2.38. The molecule has 2 aliphatic heterocycles. The number of piperazine rings is 1. The fraction of sp³-hybridized carbons (Fsp3) is 0.684. The van der Waals surface area contributed by atoms with Gasteiger partial charge in [0.1, 0.15) is 5.82 Å². The Hall–Kier alpha value is -1.13. The minimum Gasteiger partial charge on any atom is -0.381 e. The second-order valence-electron chi connectivity index (χ2n) is 6.83. The van der Waals surface area contributed by atoms with Crippen LogP contribution in [-0.4, -0.2) is 81.0 Å². The van der Waals surface area contributed by atoms with Crippen LogP contribution in [0.5, 0.6) is 0 Å². The van der Waals surface area contributed by atoms with Crippen LogP contribution in [0.3, 0.4) is 0 Å². The second-order valence-corrected chi connectivity index (χ2v) is 6.83. The number of nitrogens with zero attached hydrogens (tertiary/aromatic N) is 4. The molecule has 3 rings (SSSR count). The van der Waals surface area contributed by atoms with Crippen molar-refractivity contribution in [3.05, 3.63) is 24.4 Å². The smallest absolute Gasteiger partial charge is 0.194 e. The van der Waals surface area contributed by atoms with Gasteiger partial charge in [-0.05, 0) is 19.1 Å². The average Bonchev–Trinajstić information content (AvgIpc) is 2.72. The van der Waals surface area contributed by atoms with E-state index in [0.29, 0.717) is 6.54 Å². The molecule has 0 unspecified atom stereocenters. The molecule has 1 N–H and O–H groups in total. The number of nitrogens with one attached hydrogen (secondary N) is 1. The number of hydrogen-bond donors (Lipinski definition) is 1. The SMILES string of the molecule is CCNC(=NCC1(OC)CCOCC1)N1CCN(c2ccccn2)CC1.I. The monoisotopic (exact) mass is 489 g/mol. The third-order valence-electron chi connectivity index (χ3n) is 5.24. The molecule has 0 saturated carbocycles. The summed E-state index contributed by atoms with van der Waals surface area (Å²) >= 11 is 0. The number of halogens is 1. The first-order valence-corrected chi connectivity index (χ1v) is 9.58. The van der Waals surface area contributed by atoms with Gasteiger partial charge in [0.05, 0.1) is 12.1 Å². The van der Waals surface area contributed by atoms with E-state index in [-0.39, 0.29) is 29.6 Å². The largest absolute Gasteiger partial charge is 0.381 e. The van der Waals surface area contributed by atoms with Crippen molar-refractivity contribution < 1.29 is 9.47 Å². The van der Waals surface area contributed by atoms with Crippen LogP contribution < -0.4 is 10.2 Å². The summed E-state index contributed by atoms with van der Waals surface area (Å²) in [4.78, 5) is 14.0. The molecule has 0 bridgehead atoms. The number of rotatable bonds is 5. The highest BCUT2D eigenvalue weighted by atomic mass is 127. The highest BCUT2D eigenvalue weighted by molar-refractivity contribution is 14.0. The molecule has 2 aliphatic rings. The van der Waals surface area contributed by atoms with Crippen molar-refractivity contribution in [2.75, 3.05) is 64.5 Å². The van der Waals surface area contributed by atoms with Crippen molar-refractivity contribution in [2.45, 2.75) is 25.4 Å². The first kappa shape index (κ1) is 22.2. The quantitative estimate of drug-likeness (QED) is 0.388. The molecule has 0 radical (unpaired) electrons. The Balaban J connectivity index is 0.00000261. The molecule has 2 fully saturated rings. The van der Waals surface area contributed by atoms with E-state index in [0.717, 1.165) is 70.6 Å². The van der Waals surface area contributed by atoms with Gasteiger partial charge in [0, 0.05) is 72.1 Å². The standard InChI is InChI=1S/C19H31N5O2.HI/c1-3-20-18(22-16-19(25-2)7-14-26-15-8-19)24-12-10-23(11-13-24)17-6-4-5-9-21-17;/h4-6,9H,3,7-8,10-16H2,1-2H3,(H,20,22);1H. The third kappa shape index (κ3) is 5.92. The minimum atomic E-state index is -0.186. The van der Waals surface area contributed by atoms with E-state index in [4.69, 9.17) is 14.5 Å². The summed E-state index contributed by atoms with van der Waals surface area (Å²) in [5, 5.41) is 3.44. The summed E-state index contributed by atoms with van der Waals surface area (Å²) in [7, 11) is 1.79. The molecular formula is C19H32IN5O2. The van der Waals surface area contributed by atoms with Gasteiger partial charge < -0.3 is 24.6 Å². The molecule has 0 aromatic carbocycles. The molecule has 0 aliphatic carbocycles. The molecule has 1 aromatic heterocycles. The summed E-state index contributed by atoms with van der Waals surface area (Å²) in [5.74, 6) is 2.03. The second kappa shape index (κ2) is 11.0. The molecule has 0 amide bonds. The van der Waals surface area contributed by atoms with Crippen molar-refractivity contribution in [1.29, 1.82) is 0 Å². The lowest BCUT2D eigenvalue weighted by Crippen LogP contribution is -2.53. The van der Waals surface area contributed by atoms with E-state index in [9.17, 15) is 0 Å². The van der Waals surface area contributed by atoms with Gasteiger partial charge in [0.15, 0.2) is 5.96 Å². The molecule has 0 spiro atoms. The van der Waals surface area contributed by atoms with E-state index in [2.05, 4.69) is 33.1 Å². The van der Waals surface area contributed by atoms with Crippen LogP contribution in [0.25, 0.3) is 0 Å². The van der Waals surface area contributed by atoms with E-state index < -0.39 is 0 Å². The summed E-state index contributed by atoms with van der Waals surface area (Å²) in [6, 6.07) is 6.07. The van der Waals surface area contributed by atoms with Crippen LogP contribution in [0.2, 0.25) is 0 Å². The minimum absolute atomic E-state index is 0. The Labute approximate surface area is 179 Å². The molecule has 2 saturated heterocycles. The van der Waals surface area contributed by atoms with Crippen molar-refractivity contribution >= 4 is 35.8 Å². The Kier molecular flexibility index (Phi) is 9.04. The Morgan fingerprint density at radius 1 is 1.26 bits per heavy atom. The van der Waals surface area contributed by atoms with Crippen molar-refractivity contribution in [2.24, 2.45) is 4.99 Å². The van der Waals surface area contributed by atoms with Gasteiger partial charge in [0.2, 0.25) is 0 Å². The molecule has 1 aromatic rings. The summed E-state index contributed by atoms with van der Waals surface area (Å²) in [6.07, 6.45) is 3.66. The number of guanidine groups is 1. The zero-order chi connectivity index (χ0) is 18.2. The van der Waals surface area contributed by atoms with Crippen molar-refractivity contribution in [3.63, 3.8) is 0 Å². The number of methoxy groups -OCH3 is 1. The first-order valence-electron chi connectivity index (χ1n) is 9.58. The van der Waals surface area contributed by atoms with Gasteiger partial charge in [-0.2, -0.15) is 0 Å². The van der Waals surface area contributed by atoms with Crippen molar-refractivity contribution in [3.8, 4) is 0 Å². The number of pyridine rings is 1. The molecule has 7 nitrogen and oxygen atoms in total. The normalized spacial score (nSPS) is 20.1. The van der Waals surface area contributed by atoms with E-state index in [1.54, 1.807) is 7.11 Å². The van der Waals surface area contributed by atoms with E-state index in [1.807, 2.05) is 18.3 Å². The van der Waals surface area contributed by atoms with Gasteiger partial charge in [-0.1, -0.05) is 6.07 Å². The fourth-order valence-corrected chi connectivity index (χ4v) is 3.50. The molecule has 0 atom stereocenters. The maximum absolute atomic E-state index is 5.82. The summed E-state index contributed by atoms with van der Waals surface area (Å²) < 4.78 is 11.3. The maximum atomic E-state index is 5.82. The van der Waals surface area contributed by atoms with Crippen LogP contribution in [-0.2, 0) is 9.47 Å². The van der Waals surface area contributed by atoms with Gasteiger partial charge in [-0.25, -0.2) is 4.98 Å². The van der Waals surface area contributed by atoms with Crippen LogP contribution >= 0.6 is 24.0 Å². The number of anilines is 1. The van der Waals surface area contributed by atoms with Gasteiger partial charge in [-0.3, -0.25) is 4.99 Å². The van der Waals surface area contributed by atoms with Crippen molar-refractivity contribution in [1.82, 2.24) is 15.2 Å². The number of hydrogen-bond acceptors (Lipinski definition) is 5. The van der Waals surface area contributed by atoms with E-state index in [1.165, 1.54) is 0 Å². The molecule has 8 heteroatoms. The maximum Gasteiger partial charge on any atom is 0.194 e. The highest BCUT2D eigenvalue weighted by Crippen LogP contribution is 2.25. The van der Waals surface area contributed by atoms with Crippen LogP contribution in [0, 0.1) is 0 Å². The number of aliphatic imine (C=N–C) groups is 1. The lowest BCUT2D eigenvalue weighted by molar-refractivity contribution is -0.0829. The first-order chi connectivity index (χ1) is 12.8. The highest BCUT2D eigenvalue weighted by Gasteiger charge is 2.32. The van der Waals surface area contributed by atoms with Crippen LogP contribution in [0.1, 0.15) is 19.8 Å². The molecule has 3 heterocycles. The van der Waals surface area contributed by atoms with Crippen LogP contribution in [0.15, 0.2) is 29.4 Å². The number of aromatic nitrogens is 1. The predicted molar refractivity (Wildman–Crippen MR) is 119 cm³/mol. The topological polar surface area (TPSA) is 62.2 Å². The third-order valence-corrected chi connectivity index (χ3v) is 5.24. The summed E-state index contributed by atoms with van der Waals surface area (Å²) in [5.41, 5.74) is -0.186. The predicted octanol–water partition coefficient (Wildman–Crippen LogP) is 1.98. The lowest BCUT2D eigenvalue weighted by atomic mass is 9.94. The van der Waals surface area contributed by atoms with Gasteiger partial charge in [0.25, 0.3) is 0 Å². The Morgan fingerprint density at radius 3 is 2.59 bits per heavy atom. The van der Waals surface area contributed by atoms with E-state index >= 15 is 0 Å². The fourth-order valence-electron chi connectivity index (χ4n) is 3.50. The molecular weight excluding hydrogens is 457 g/mol. The zero-order valence-electron chi connectivity index (χ0n) is 16.4. The molecule has 152 valence electrons. The number of ether oxygens (including phenoxy) is 2.